The van der Waals surface area contributed by atoms with Crippen LogP contribution in [0.5, 0.6) is 0 Å². The second-order valence-electron chi connectivity index (χ2n) is 11.1. The van der Waals surface area contributed by atoms with Crippen molar-refractivity contribution in [2.24, 2.45) is 23.2 Å². The molecule has 0 saturated heterocycles. The monoisotopic (exact) mass is 491 g/mol. The number of amides is 1. The van der Waals surface area contributed by atoms with Crippen molar-refractivity contribution >= 4 is 29.1 Å². The van der Waals surface area contributed by atoms with Gasteiger partial charge in [-0.3, -0.25) is 14.0 Å². The molecule has 182 valence electrons. The molecule has 1 aromatic carbocycles. The minimum absolute atomic E-state index is 0.125. The molecule has 2 heterocycles. The van der Waals surface area contributed by atoms with Gasteiger partial charge in [0.2, 0.25) is 0 Å². The lowest BCUT2D eigenvalue weighted by Crippen LogP contribution is -2.51. The number of carboxylic acid groups (broad SMARTS) is 1. The molecule has 35 heavy (non-hydrogen) atoms. The Morgan fingerprint density at radius 1 is 1.06 bits per heavy atom. The van der Waals surface area contributed by atoms with Gasteiger partial charge in [-0.25, -0.2) is 4.98 Å². The number of nitrogens with zero attached hydrogens (tertiary/aromatic N) is 2. The summed E-state index contributed by atoms with van der Waals surface area (Å²) in [4.78, 5) is 30.0. The fourth-order valence-corrected chi connectivity index (χ4v) is 7.55. The molecule has 0 radical (unpaired) electrons. The lowest BCUT2D eigenvalue weighted by atomic mass is 9.49. The van der Waals surface area contributed by atoms with Crippen molar-refractivity contribution in [1.82, 2.24) is 14.7 Å². The van der Waals surface area contributed by atoms with E-state index in [2.05, 4.69) is 10.3 Å². The van der Waals surface area contributed by atoms with Crippen molar-refractivity contribution in [3.8, 4) is 0 Å². The fourth-order valence-electron chi connectivity index (χ4n) is 7.42. The summed E-state index contributed by atoms with van der Waals surface area (Å²) in [5, 5.41) is 13.8. The highest BCUT2D eigenvalue weighted by Gasteiger charge is 2.50. The van der Waals surface area contributed by atoms with E-state index in [1.54, 1.807) is 40.9 Å². The van der Waals surface area contributed by atoms with Gasteiger partial charge in [-0.2, -0.15) is 0 Å². The number of imidazole rings is 1. The third-order valence-electron chi connectivity index (χ3n) is 8.54. The van der Waals surface area contributed by atoms with Gasteiger partial charge in [-0.1, -0.05) is 29.8 Å². The van der Waals surface area contributed by atoms with Crippen LogP contribution < -0.4 is 5.32 Å². The topological polar surface area (TPSA) is 83.7 Å². The predicted octanol–water partition coefficient (Wildman–Crippen LogP) is 5.34. The third kappa shape index (κ3) is 4.33. The molecule has 4 aliphatic carbocycles. The number of carboxylic acids is 1. The van der Waals surface area contributed by atoms with E-state index in [1.807, 2.05) is 12.1 Å². The molecule has 6 nitrogen and oxygen atoms in total. The van der Waals surface area contributed by atoms with Crippen molar-refractivity contribution in [3.63, 3.8) is 0 Å². The number of halogens is 1. The summed E-state index contributed by atoms with van der Waals surface area (Å²) in [6.07, 6.45) is 9.85. The van der Waals surface area contributed by atoms with E-state index in [1.165, 1.54) is 38.5 Å². The quantitative estimate of drug-likeness (QED) is 0.467. The normalized spacial score (nSPS) is 27.7. The van der Waals surface area contributed by atoms with E-state index >= 15 is 0 Å². The maximum Gasteiger partial charge on any atom is 0.312 e. The maximum atomic E-state index is 13.3. The molecule has 4 saturated carbocycles. The first-order valence-electron chi connectivity index (χ1n) is 12.6. The van der Waals surface area contributed by atoms with Crippen LogP contribution in [0.1, 0.15) is 66.2 Å². The van der Waals surface area contributed by atoms with Crippen molar-refractivity contribution in [2.75, 3.05) is 6.54 Å². The predicted molar refractivity (Wildman–Crippen MR) is 134 cm³/mol. The third-order valence-corrected chi connectivity index (χ3v) is 8.79. The zero-order valence-corrected chi connectivity index (χ0v) is 20.4. The van der Waals surface area contributed by atoms with Gasteiger partial charge in [0.1, 0.15) is 17.3 Å². The Bertz CT molecular complexity index is 1250. The van der Waals surface area contributed by atoms with Crippen LogP contribution in [0.2, 0.25) is 5.02 Å². The minimum atomic E-state index is -0.948. The standard InChI is InChI=1S/C28H30ClN3O3/c29-21-6-4-17(5-7-21)11-22(27(34)35)23-15-32-24(2-1-3-25(32)31-23)26(33)30-16-28-12-18-8-19(13-28)10-20(9-18)14-28/h1-7,15,18-20,22H,8-14,16H2,(H,30,33)(H,34,35). The number of aliphatic carboxylic acids is 1. The molecule has 2 aromatic heterocycles. The summed E-state index contributed by atoms with van der Waals surface area (Å²) in [5.41, 5.74) is 2.62. The number of nitrogens with one attached hydrogen (secondary N) is 1. The summed E-state index contributed by atoms with van der Waals surface area (Å²) >= 11 is 5.97. The number of rotatable bonds is 7. The van der Waals surface area contributed by atoms with Gasteiger partial charge < -0.3 is 10.4 Å². The number of fused-ring (bicyclic) bond motifs is 1. The van der Waals surface area contributed by atoms with Gasteiger partial charge >= 0.3 is 5.97 Å². The molecule has 0 aliphatic heterocycles. The number of hydrogen-bond donors (Lipinski definition) is 2. The number of carbonyl (C=O) groups is 2. The Kier molecular flexibility index (Phi) is 5.59. The maximum absolute atomic E-state index is 13.3. The van der Waals surface area contributed by atoms with Crippen LogP contribution in [0.4, 0.5) is 0 Å². The van der Waals surface area contributed by atoms with E-state index in [9.17, 15) is 14.7 Å². The summed E-state index contributed by atoms with van der Waals surface area (Å²) in [6, 6.07) is 12.6. The molecule has 2 N–H and O–H groups in total. The van der Waals surface area contributed by atoms with Gasteiger partial charge in [-0.15, -0.1) is 0 Å². The van der Waals surface area contributed by atoms with Gasteiger partial charge in [0.15, 0.2) is 0 Å². The first kappa shape index (κ1) is 22.6. The molecule has 1 unspecified atom stereocenters. The number of aromatic nitrogens is 2. The molecule has 4 fully saturated rings. The van der Waals surface area contributed by atoms with Crippen LogP contribution in [0.3, 0.4) is 0 Å². The Hall–Kier alpha value is -2.86. The van der Waals surface area contributed by atoms with E-state index < -0.39 is 11.9 Å². The largest absolute Gasteiger partial charge is 0.481 e. The SMILES string of the molecule is O=C(NCC12CC3CC(CC(C3)C1)C2)c1cccc2nc(C(Cc3ccc(Cl)cc3)C(=O)O)cn12. The highest BCUT2D eigenvalue weighted by Crippen LogP contribution is 2.59. The molecule has 3 aromatic rings. The molecular formula is C28H30ClN3O3. The fraction of sp³-hybridized carbons (Fsp3) is 0.464. The van der Waals surface area contributed by atoms with Crippen LogP contribution >= 0.6 is 11.6 Å². The minimum Gasteiger partial charge on any atom is -0.481 e. The molecule has 1 atom stereocenters. The van der Waals surface area contributed by atoms with E-state index in [0.717, 1.165) is 29.9 Å². The molecule has 1 amide bonds. The average molecular weight is 492 g/mol. The summed E-state index contributed by atoms with van der Waals surface area (Å²) in [5.74, 6) is 0.624. The van der Waals surface area contributed by atoms with Gasteiger partial charge in [-0.05, 0) is 97.9 Å². The van der Waals surface area contributed by atoms with Crippen LogP contribution in [-0.4, -0.2) is 32.9 Å². The molecular weight excluding hydrogens is 462 g/mol. The van der Waals surface area contributed by atoms with E-state index in [4.69, 9.17) is 11.6 Å². The Morgan fingerprint density at radius 3 is 2.34 bits per heavy atom. The van der Waals surface area contributed by atoms with Gasteiger partial charge in [0.25, 0.3) is 5.91 Å². The van der Waals surface area contributed by atoms with Crippen LogP contribution in [0.25, 0.3) is 5.65 Å². The smallest absolute Gasteiger partial charge is 0.312 e. The van der Waals surface area contributed by atoms with E-state index in [-0.39, 0.29) is 11.3 Å². The highest BCUT2D eigenvalue weighted by atomic mass is 35.5. The molecule has 4 aliphatic rings. The highest BCUT2D eigenvalue weighted by molar-refractivity contribution is 6.30. The van der Waals surface area contributed by atoms with Crippen molar-refractivity contribution in [3.05, 3.63) is 70.6 Å². The lowest BCUT2D eigenvalue weighted by Gasteiger charge is -2.56. The van der Waals surface area contributed by atoms with Crippen molar-refractivity contribution in [1.29, 1.82) is 0 Å². The molecule has 4 bridgehead atoms. The van der Waals surface area contributed by atoms with Crippen LogP contribution in [-0.2, 0) is 11.2 Å². The zero-order chi connectivity index (χ0) is 24.2. The van der Waals surface area contributed by atoms with Crippen LogP contribution in [0.15, 0.2) is 48.7 Å². The first-order valence-corrected chi connectivity index (χ1v) is 13.0. The zero-order valence-electron chi connectivity index (χ0n) is 19.6. The van der Waals surface area contributed by atoms with Gasteiger partial charge in [0.05, 0.1) is 5.69 Å². The molecule has 7 rings (SSSR count). The lowest BCUT2D eigenvalue weighted by molar-refractivity contribution is -0.138. The number of carbonyl (C=O) groups excluding carboxylic acids is 1. The Labute approximate surface area is 209 Å². The van der Waals surface area contributed by atoms with Gasteiger partial charge in [0, 0.05) is 17.8 Å². The molecule has 7 heteroatoms. The van der Waals surface area contributed by atoms with E-state index in [0.29, 0.717) is 28.5 Å². The first-order chi connectivity index (χ1) is 16.9. The van der Waals surface area contributed by atoms with Crippen molar-refractivity contribution < 1.29 is 14.7 Å². The number of benzene rings is 1. The van der Waals surface area contributed by atoms with Crippen molar-refractivity contribution in [2.45, 2.75) is 50.9 Å². The second kappa shape index (κ2) is 8.66. The Balaban J connectivity index is 1.22. The summed E-state index contributed by atoms with van der Waals surface area (Å²) in [6.45, 7) is 0.724. The Morgan fingerprint density at radius 2 is 1.71 bits per heavy atom. The molecule has 0 spiro atoms. The van der Waals surface area contributed by atoms with Crippen LogP contribution in [0, 0.1) is 23.2 Å². The second-order valence-corrected chi connectivity index (χ2v) is 11.6. The average Bonchev–Trinajstić information content (AvgIpc) is 3.25. The summed E-state index contributed by atoms with van der Waals surface area (Å²) < 4.78 is 1.72. The summed E-state index contributed by atoms with van der Waals surface area (Å²) in [7, 11) is 0. The number of pyridine rings is 1. The number of hydrogen-bond acceptors (Lipinski definition) is 3.